The van der Waals surface area contributed by atoms with Crippen molar-refractivity contribution in [3.05, 3.63) is 70.7 Å². The summed E-state index contributed by atoms with van der Waals surface area (Å²) in [5.41, 5.74) is 5.08. The highest BCUT2D eigenvalue weighted by Crippen LogP contribution is 2.40. The Morgan fingerprint density at radius 3 is 2.69 bits per heavy atom. The average molecular weight is 494 g/mol. The monoisotopic (exact) mass is 493 g/mol. The first-order valence-corrected chi connectivity index (χ1v) is 11.7. The van der Waals surface area contributed by atoms with E-state index in [-0.39, 0.29) is 24.1 Å². The number of carbonyl (C=O) groups excluding carboxylic acids is 2. The molecular formula is C26H24FN3O4S. The van der Waals surface area contributed by atoms with Gasteiger partial charge in [-0.15, -0.1) is 11.3 Å². The number of rotatable bonds is 7. The van der Waals surface area contributed by atoms with Crippen LogP contribution in [-0.2, 0) is 16.0 Å². The van der Waals surface area contributed by atoms with Crippen molar-refractivity contribution in [2.45, 2.75) is 20.3 Å². The number of anilines is 1. The minimum Gasteiger partial charge on any atom is -0.496 e. The number of furan rings is 1. The second-order valence-electron chi connectivity index (χ2n) is 7.93. The summed E-state index contributed by atoms with van der Waals surface area (Å²) in [7, 11) is 3.13. The molecule has 4 rings (SSSR count). The van der Waals surface area contributed by atoms with Gasteiger partial charge in [0.15, 0.2) is 5.13 Å². The minimum absolute atomic E-state index is 0.148. The first-order chi connectivity index (χ1) is 16.8. The first-order valence-electron chi connectivity index (χ1n) is 10.8. The third kappa shape index (κ3) is 5.09. The molecule has 2 aromatic carbocycles. The molecule has 2 amide bonds. The SMILES string of the molecule is CNC(=O)Cc1csc(NC(=O)/C=C(\C)c2cc3c(-c4ccc(F)cc4)coc3c(C)c2OC)n1. The number of thiazole rings is 1. The maximum absolute atomic E-state index is 13.4. The molecule has 0 atom stereocenters. The lowest BCUT2D eigenvalue weighted by molar-refractivity contribution is -0.120. The fourth-order valence-corrected chi connectivity index (χ4v) is 4.55. The van der Waals surface area contributed by atoms with Crippen LogP contribution in [0.4, 0.5) is 9.52 Å². The number of aryl methyl sites for hydroxylation is 1. The number of ether oxygens (including phenoxy) is 1. The van der Waals surface area contributed by atoms with Gasteiger partial charge in [0.1, 0.15) is 17.1 Å². The van der Waals surface area contributed by atoms with Gasteiger partial charge in [-0.2, -0.15) is 0 Å². The van der Waals surface area contributed by atoms with E-state index in [1.807, 2.05) is 19.9 Å². The number of hydrogen-bond donors (Lipinski definition) is 2. The molecule has 2 heterocycles. The number of methoxy groups -OCH3 is 1. The van der Waals surface area contributed by atoms with Crippen molar-refractivity contribution >= 4 is 44.8 Å². The van der Waals surface area contributed by atoms with Gasteiger partial charge in [-0.1, -0.05) is 12.1 Å². The Balaban J connectivity index is 1.66. The highest BCUT2D eigenvalue weighted by atomic mass is 32.1. The first kappa shape index (κ1) is 24.2. The summed E-state index contributed by atoms with van der Waals surface area (Å²) in [5.74, 6) is -0.220. The lowest BCUT2D eigenvalue weighted by Crippen LogP contribution is -2.20. The average Bonchev–Trinajstić information content (AvgIpc) is 3.46. The topological polar surface area (TPSA) is 93.5 Å². The van der Waals surface area contributed by atoms with Gasteiger partial charge >= 0.3 is 0 Å². The number of nitrogens with zero attached hydrogens (tertiary/aromatic N) is 1. The normalized spacial score (nSPS) is 11.5. The quantitative estimate of drug-likeness (QED) is 0.339. The minimum atomic E-state index is -0.353. The van der Waals surface area contributed by atoms with E-state index in [2.05, 4.69) is 15.6 Å². The molecular weight excluding hydrogens is 469 g/mol. The molecule has 0 saturated carbocycles. The number of likely N-dealkylation sites (N-methyl/N-ethyl adjacent to an activating group) is 1. The molecule has 0 aliphatic rings. The number of amides is 2. The van der Waals surface area contributed by atoms with Gasteiger partial charge in [0, 0.05) is 40.6 Å². The molecule has 7 nitrogen and oxygen atoms in total. The van der Waals surface area contributed by atoms with Gasteiger partial charge in [-0.3, -0.25) is 14.9 Å². The van der Waals surface area contributed by atoms with Crippen LogP contribution < -0.4 is 15.4 Å². The van der Waals surface area contributed by atoms with Crippen molar-refractivity contribution < 1.29 is 23.1 Å². The lowest BCUT2D eigenvalue weighted by atomic mass is 9.96. The van der Waals surface area contributed by atoms with E-state index in [9.17, 15) is 14.0 Å². The van der Waals surface area contributed by atoms with Crippen molar-refractivity contribution in [1.29, 1.82) is 0 Å². The van der Waals surface area contributed by atoms with Crippen LogP contribution in [-0.4, -0.2) is 31.0 Å². The number of fused-ring (bicyclic) bond motifs is 1. The van der Waals surface area contributed by atoms with Crippen molar-refractivity contribution in [3.8, 4) is 16.9 Å². The van der Waals surface area contributed by atoms with Crippen LogP contribution in [0.25, 0.3) is 27.7 Å². The summed E-state index contributed by atoms with van der Waals surface area (Å²) < 4.78 is 24.9. The standard InChI is InChI=1S/C26H24FN3O4S/c1-14(9-23(32)30-26-29-18(13-35-26)10-22(31)28-3)19-11-20-21(16-5-7-17(27)8-6-16)12-34-25(20)15(2)24(19)33-4/h5-9,11-13H,10H2,1-4H3,(H,28,31)(H,29,30,32)/b14-9+. The molecule has 0 unspecified atom stereocenters. The number of hydrogen-bond acceptors (Lipinski definition) is 6. The fourth-order valence-electron chi connectivity index (χ4n) is 3.84. The Labute approximate surface area is 205 Å². The van der Waals surface area contributed by atoms with Crippen molar-refractivity contribution in [1.82, 2.24) is 10.3 Å². The molecule has 2 N–H and O–H groups in total. The van der Waals surface area contributed by atoms with Crippen LogP contribution in [0.2, 0.25) is 0 Å². The van der Waals surface area contributed by atoms with E-state index in [1.54, 1.807) is 37.9 Å². The highest BCUT2D eigenvalue weighted by molar-refractivity contribution is 7.14. The summed E-state index contributed by atoms with van der Waals surface area (Å²) in [4.78, 5) is 28.5. The molecule has 0 fully saturated rings. The number of nitrogens with one attached hydrogen (secondary N) is 2. The van der Waals surface area contributed by atoms with Gasteiger partial charge in [0.05, 0.1) is 25.5 Å². The van der Waals surface area contributed by atoms with E-state index in [0.717, 1.165) is 27.6 Å². The molecule has 0 spiro atoms. The van der Waals surface area contributed by atoms with Crippen LogP contribution in [0.5, 0.6) is 5.75 Å². The smallest absolute Gasteiger partial charge is 0.250 e. The molecule has 9 heteroatoms. The predicted octanol–water partition coefficient (Wildman–Crippen LogP) is 5.34. The maximum atomic E-state index is 13.4. The van der Waals surface area contributed by atoms with Gasteiger partial charge in [0.2, 0.25) is 11.8 Å². The summed E-state index contributed by atoms with van der Waals surface area (Å²) in [6, 6.07) is 8.11. The number of aromatic nitrogens is 1. The van der Waals surface area contributed by atoms with Gasteiger partial charge in [0.25, 0.3) is 0 Å². The van der Waals surface area contributed by atoms with Gasteiger partial charge < -0.3 is 14.5 Å². The summed E-state index contributed by atoms with van der Waals surface area (Å²) in [5, 5.41) is 8.26. The van der Waals surface area contributed by atoms with Crippen LogP contribution >= 0.6 is 11.3 Å². The molecule has 0 bridgehead atoms. The number of halogens is 1. The van der Waals surface area contributed by atoms with E-state index >= 15 is 0 Å². The zero-order chi connectivity index (χ0) is 25.1. The molecule has 0 aliphatic carbocycles. The molecule has 0 saturated heterocycles. The number of allylic oxidation sites excluding steroid dienone is 1. The summed E-state index contributed by atoms with van der Waals surface area (Å²) >= 11 is 1.25. The second kappa shape index (κ2) is 10.1. The Kier molecular flexibility index (Phi) is 6.97. The second-order valence-corrected chi connectivity index (χ2v) is 8.78. The molecule has 4 aromatic rings. The Morgan fingerprint density at radius 2 is 2.00 bits per heavy atom. The van der Waals surface area contributed by atoms with Gasteiger partial charge in [-0.25, -0.2) is 9.37 Å². The summed E-state index contributed by atoms with van der Waals surface area (Å²) in [6.07, 6.45) is 3.26. The van der Waals surface area contributed by atoms with E-state index in [4.69, 9.17) is 9.15 Å². The predicted molar refractivity (Wildman–Crippen MR) is 135 cm³/mol. The van der Waals surface area contributed by atoms with Gasteiger partial charge in [-0.05, 0) is 43.2 Å². The largest absolute Gasteiger partial charge is 0.496 e. The zero-order valence-corrected chi connectivity index (χ0v) is 20.5. The third-order valence-corrected chi connectivity index (χ3v) is 6.38. The number of benzene rings is 2. The van der Waals surface area contributed by atoms with E-state index in [0.29, 0.717) is 27.7 Å². The lowest BCUT2D eigenvalue weighted by Gasteiger charge is -2.13. The zero-order valence-electron chi connectivity index (χ0n) is 19.7. The molecule has 180 valence electrons. The number of carbonyl (C=O) groups is 2. The van der Waals surface area contributed by atoms with Crippen molar-refractivity contribution in [2.24, 2.45) is 0 Å². The molecule has 0 radical (unpaired) electrons. The Bertz CT molecular complexity index is 1440. The fraction of sp³-hybridized carbons (Fsp3) is 0.192. The molecule has 2 aromatic heterocycles. The van der Waals surface area contributed by atoms with E-state index < -0.39 is 0 Å². The molecule has 35 heavy (non-hydrogen) atoms. The highest BCUT2D eigenvalue weighted by Gasteiger charge is 2.19. The van der Waals surface area contributed by atoms with Crippen LogP contribution in [0.1, 0.15) is 23.7 Å². The van der Waals surface area contributed by atoms with E-state index in [1.165, 1.54) is 29.5 Å². The third-order valence-electron chi connectivity index (χ3n) is 5.58. The Morgan fingerprint density at radius 1 is 1.26 bits per heavy atom. The van der Waals surface area contributed by atoms with Crippen molar-refractivity contribution in [3.63, 3.8) is 0 Å². The van der Waals surface area contributed by atoms with Crippen LogP contribution in [0.3, 0.4) is 0 Å². The van der Waals surface area contributed by atoms with Crippen LogP contribution in [0.15, 0.2) is 52.5 Å². The Hall–Kier alpha value is -3.98. The maximum Gasteiger partial charge on any atom is 0.250 e. The van der Waals surface area contributed by atoms with Crippen LogP contribution in [0, 0.1) is 12.7 Å². The summed E-state index contributed by atoms with van der Waals surface area (Å²) in [6.45, 7) is 3.71. The van der Waals surface area contributed by atoms with Crippen molar-refractivity contribution in [2.75, 3.05) is 19.5 Å². The molecule has 0 aliphatic heterocycles.